The van der Waals surface area contributed by atoms with Gasteiger partial charge in [0.25, 0.3) is 10.1 Å². The van der Waals surface area contributed by atoms with Crippen LogP contribution in [0.15, 0.2) is 54.6 Å². The van der Waals surface area contributed by atoms with Crippen LogP contribution in [0.4, 0.5) is 0 Å². The molecule has 2 unspecified atom stereocenters. The Morgan fingerprint density at radius 1 is 1.04 bits per heavy atom. The Labute approximate surface area is 146 Å². The molecule has 0 aliphatic heterocycles. The van der Waals surface area contributed by atoms with Gasteiger partial charge in [0.05, 0.1) is 0 Å². The summed E-state index contributed by atoms with van der Waals surface area (Å²) in [4.78, 5) is 8.71. The second-order valence-electron chi connectivity index (χ2n) is 5.28. The van der Waals surface area contributed by atoms with Crippen LogP contribution >= 0.6 is 8.25 Å². The molecule has 0 aliphatic carbocycles. The summed E-state index contributed by atoms with van der Waals surface area (Å²) in [7, 11) is -8.00. The van der Waals surface area contributed by atoms with Gasteiger partial charge in [-0.2, -0.15) is 8.42 Å². The van der Waals surface area contributed by atoms with Gasteiger partial charge in [0.15, 0.2) is 5.44 Å². The standard InChI is InChI=1S/C16H19O7PS/c17-24(18)23-16(25(19,20)21)11-5-7-13-6-4-10-15(12-13)22-14-8-2-1-3-9-14/h1-4,6,8-10,12,16,24H,5,7,11H2,(H,17,18)(H,19,20,21). The Morgan fingerprint density at radius 3 is 2.36 bits per heavy atom. The average molecular weight is 386 g/mol. The number of benzene rings is 2. The number of hydrogen-bond acceptors (Lipinski definition) is 5. The lowest BCUT2D eigenvalue weighted by molar-refractivity contribution is 0.225. The van der Waals surface area contributed by atoms with Crippen molar-refractivity contribution in [1.82, 2.24) is 0 Å². The van der Waals surface area contributed by atoms with Gasteiger partial charge in [0.1, 0.15) is 11.5 Å². The Balaban J connectivity index is 1.94. The van der Waals surface area contributed by atoms with Gasteiger partial charge in [0.2, 0.25) is 0 Å². The van der Waals surface area contributed by atoms with Crippen LogP contribution in [0.2, 0.25) is 0 Å². The monoisotopic (exact) mass is 386 g/mol. The normalized spacial score (nSPS) is 14.0. The van der Waals surface area contributed by atoms with Crippen molar-refractivity contribution in [2.45, 2.75) is 24.7 Å². The first-order chi connectivity index (χ1) is 11.8. The fourth-order valence-electron chi connectivity index (χ4n) is 2.24. The summed E-state index contributed by atoms with van der Waals surface area (Å²) in [6.07, 6.45) is 0.738. The summed E-state index contributed by atoms with van der Waals surface area (Å²) >= 11 is 0. The van der Waals surface area contributed by atoms with E-state index in [0.29, 0.717) is 24.3 Å². The molecule has 7 nitrogen and oxygen atoms in total. The fraction of sp³-hybridized carbons (Fsp3) is 0.250. The van der Waals surface area contributed by atoms with Gasteiger partial charge >= 0.3 is 8.25 Å². The van der Waals surface area contributed by atoms with E-state index in [4.69, 9.17) is 14.2 Å². The third kappa shape index (κ3) is 6.97. The summed E-state index contributed by atoms with van der Waals surface area (Å²) in [5.74, 6) is 1.35. The lowest BCUT2D eigenvalue weighted by Gasteiger charge is -2.13. The van der Waals surface area contributed by atoms with E-state index >= 15 is 0 Å². The molecule has 0 saturated carbocycles. The molecule has 0 amide bonds. The molecule has 0 fully saturated rings. The fourth-order valence-corrected chi connectivity index (χ4v) is 3.78. The maximum atomic E-state index is 11.1. The second-order valence-corrected chi connectivity index (χ2v) is 7.61. The van der Waals surface area contributed by atoms with E-state index in [2.05, 4.69) is 4.52 Å². The first kappa shape index (κ1) is 19.6. The van der Waals surface area contributed by atoms with Crippen LogP contribution in [0.1, 0.15) is 18.4 Å². The molecular weight excluding hydrogens is 367 g/mol. The molecule has 9 heteroatoms. The summed E-state index contributed by atoms with van der Waals surface area (Å²) in [6, 6.07) is 16.6. The first-order valence-corrected chi connectivity index (χ1v) is 10.3. The molecule has 0 bridgehead atoms. The van der Waals surface area contributed by atoms with Crippen molar-refractivity contribution >= 4 is 18.4 Å². The zero-order valence-corrected chi connectivity index (χ0v) is 15.1. The highest BCUT2D eigenvalue weighted by molar-refractivity contribution is 7.86. The predicted octanol–water partition coefficient (Wildman–Crippen LogP) is 3.41. The molecule has 25 heavy (non-hydrogen) atoms. The summed E-state index contributed by atoms with van der Waals surface area (Å²) < 4.78 is 52.1. The predicted molar refractivity (Wildman–Crippen MR) is 93.5 cm³/mol. The van der Waals surface area contributed by atoms with Crippen molar-refractivity contribution in [2.75, 3.05) is 0 Å². The van der Waals surface area contributed by atoms with E-state index in [1.165, 1.54) is 0 Å². The Kier molecular flexibility index (Phi) is 7.16. The summed E-state index contributed by atoms with van der Waals surface area (Å²) in [5, 5.41) is 0. The maximum Gasteiger partial charge on any atom is 0.317 e. The molecule has 2 aromatic rings. The van der Waals surface area contributed by atoms with Gasteiger partial charge in [0, 0.05) is 0 Å². The molecular formula is C16H19O7PS. The van der Waals surface area contributed by atoms with E-state index < -0.39 is 23.8 Å². The van der Waals surface area contributed by atoms with E-state index in [1.54, 1.807) is 6.07 Å². The maximum absolute atomic E-state index is 11.1. The summed E-state index contributed by atoms with van der Waals surface area (Å²) in [5.41, 5.74) is -0.799. The SMILES string of the molecule is O=[PH](O)OC(CCCc1cccc(Oc2ccccc2)c1)S(=O)(=O)O. The minimum Gasteiger partial charge on any atom is -0.457 e. The van der Waals surface area contributed by atoms with Crippen molar-refractivity contribution in [3.8, 4) is 11.5 Å². The van der Waals surface area contributed by atoms with Gasteiger partial charge in [-0.25, -0.2) is 0 Å². The molecule has 2 N–H and O–H groups in total. The lowest BCUT2D eigenvalue weighted by Crippen LogP contribution is -2.21. The third-order valence-electron chi connectivity index (χ3n) is 3.35. The van der Waals surface area contributed by atoms with Crippen LogP contribution in [0.3, 0.4) is 0 Å². The Morgan fingerprint density at radius 2 is 1.72 bits per heavy atom. The highest BCUT2D eigenvalue weighted by atomic mass is 32.2. The molecule has 0 aliphatic rings. The van der Waals surface area contributed by atoms with Gasteiger partial charge in [-0.1, -0.05) is 30.3 Å². The molecule has 2 atom stereocenters. The Bertz CT molecular complexity index is 808. The van der Waals surface area contributed by atoms with Crippen molar-refractivity contribution in [3.63, 3.8) is 0 Å². The molecule has 136 valence electrons. The number of aryl methyl sites for hydroxylation is 1. The number of para-hydroxylation sites is 1. The smallest absolute Gasteiger partial charge is 0.317 e. The third-order valence-corrected chi connectivity index (χ3v) is 5.00. The van der Waals surface area contributed by atoms with E-state index in [1.807, 2.05) is 48.5 Å². The van der Waals surface area contributed by atoms with Crippen molar-refractivity contribution < 1.29 is 31.7 Å². The molecule has 0 aromatic heterocycles. The zero-order valence-electron chi connectivity index (χ0n) is 13.2. The van der Waals surface area contributed by atoms with E-state index in [-0.39, 0.29) is 6.42 Å². The molecule has 2 rings (SSSR count). The van der Waals surface area contributed by atoms with Crippen LogP contribution in [-0.4, -0.2) is 23.3 Å². The second kappa shape index (κ2) is 9.12. The van der Waals surface area contributed by atoms with Gasteiger partial charge < -0.3 is 9.63 Å². The highest BCUT2D eigenvalue weighted by Gasteiger charge is 2.25. The number of hydrogen-bond donors (Lipinski definition) is 2. The number of rotatable bonds is 9. The van der Waals surface area contributed by atoms with Crippen LogP contribution in [0.5, 0.6) is 11.5 Å². The minimum atomic E-state index is -4.54. The van der Waals surface area contributed by atoms with Crippen LogP contribution in [0.25, 0.3) is 0 Å². The topological polar surface area (TPSA) is 110 Å². The largest absolute Gasteiger partial charge is 0.457 e. The van der Waals surface area contributed by atoms with E-state index in [9.17, 15) is 13.0 Å². The van der Waals surface area contributed by atoms with Crippen LogP contribution in [-0.2, 0) is 25.6 Å². The van der Waals surface area contributed by atoms with Gasteiger partial charge in [-0.3, -0.25) is 13.6 Å². The van der Waals surface area contributed by atoms with Crippen molar-refractivity contribution in [3.05, 3.63) is 60.2 Å². The molecule has 0 spiro atoms. The number of ether oxygens (including phenoxy) is 1. The van der Waals surface area contributed by atoms with Crippen molar-refractivity contribution in [2.24, 2.45) is 0 Å². The average Bonchev–Trinajstić information content (AvgIpc) is 2.54. The molecule has 0 radical (unpaired) electrons. The van der Waals surface area contributed by atoms with E-state index in [0.717, 1.165) is 5.56 Å². The highest BCUT2D eigenvalue weighted by Crippen LogP contribution is 2.26. The Hall–Kier alpha value is -1.70. The molecule has 0 heterocycles. The van der Waals surface area contributed by atoms with Crippen LogP contribution in [0, 0.1) is 0 Å². The zero-order chi connectivity index (χ0) is 18.3. The summed E-state index contributed by atoms with van der Waals surface area (Å²) in [6.45, 7) is 0. The quantitative estimate of drug-likeness (QED) is 0.502. The molecule has 2 aromatic carbocycles. The first-order valence-electron chi connectivity index (χ1n) is 7.52. The van der Waals surface area contributed by atoms with Crippen LogP contribution < -0.4 is 4.74 Å². The molecule has 0 saturated heterocycles. The van der Waals surface area contributed by atoms with Gasteiger partial charge in [-0.05, 0) is 49.1 Å². The van der Waals surface area contributed by atoms with Gasteiger partial charge in [-0.15, -0.1) is 0 Å². The minimum absolute atomic E-state index is 0.0976. The lowest BCUT2D eigenvalue weighted by atomic mass is 10.1. The van der Waals surface area contributed by atoms with Crippen molar-refractivity contribution in [1.29, 1.82) is 0 Å².